The Morgan fingerprint density at radius 1 is 0.970 bits per heavy atom. The number of hydrogen-bond donors (Lipinski definition) is 1. The molecule has 9 nitrogen and oxygen atoms in total. The fraction of sp³-hybridized carbons (Fsp3) is 0.167. The zero-order valence-electron chi connectivity index (χ0n) is 18.6. The number of hydrogen-bond acceptors (Lipinski definition) is 6. The molecule has 4 rings (SSSR count). The summed E-state index contributed by atoms with van der Waals surface area (Å²) in [6.07, 6.45) is 1.34. The molecule has 1 N–H and O–H groups in total. The van der Waals surface area contributed by atoms with Crippen LogP contribution in [0.1, 0.15) is 15.9 Å². The van der Waals surface area contributed by atoms with Crippen LogP contribution in [0.4, 0.5) is 5.69 Å². The molecule has 0 saturated heterocycles. The molecule has 9 heteroatoms. The molecule has 2 aromatic heterocycles. The van der Waals surface area contributed by atoms with Crippen molar-refractivity contribution in [3.63, 3.8) is 0 Å². The lowest BCUT2D eigenvalue weighted by Gasteiger charge is -2.13. The van der Waals surface area contributed by atoms with Crippen LogP contribution in [0.2, 0.25) is 0 Å². The van der Waals surface area contributed by atoms with Crippen molar-refractivity contribution in [2.24, 2.45) is 7.05 Å². The number of methoxy groups -OCH3 is 2. The summed E-state index contributed by atoms with van der Waals surface area (Å²) in [5.74, 6) is 0.523. The lowest BCUT2D eigenvalue weighted by molar-refractivity contribution is 0.102. The van der Waals surface area contributed by atoms with Crippen molar-refractivity contribution in [1.82, 2.24) is 14.1 Å². The quantitative estimate of drug-likeness (QED) is 0.505. The molecule has 4 aromatic rings. The summed E-state index contributed by atoms with van der Waals surface area (Å²) >= 11 is 0. The Morgan fingerprint density at radius 2 is 1.67 bits per heavy atom. The van der Waals surface area contributed by atoms with E-state index in [-0.39, 0.29) is 16.6 Å². The largest absolute Gasteiger partial charge is 0.493 e. The number of carbonyl (C=O) groups is 1. The smallest absolute Gasteiger partial charge is 0.337 e. The Labute approximate surface area is 188 Å². The van der Waals surface area contributed by atoms with E-state index in [2.05, 4.69) is 10.3 Å². The highest BCUT2D eigenvalue weighted by atomic mass is 16.5. The molecule has 0 atom stereocenters. The normalized spacial score (nSPS) is 10.8. The first-order chi connectivity index (χ1) is 15.8. The maximum atomic E-state index is 12.9. The summed E-state index contributed by atoms with van der Waals surface area (Å²) in [6, 6.07) is 13.7. The van der Waals surface area contributed by atoms with Crippen molar-refractivity contribution < 1.29 is 14.3 Å². The van der Waals surface area contributed by atoms with Crippen molar-refractivity contribution in [3.8, 4) is 17.2 Å². The van der Waals surface area contributed by atoms with Gasteiger partial charge in [-0.1, -0.05) is 17.7 Å². The van der Waals surface area contributed by atoms with E-state index in [0.717, 1.165) is 10.1 Å². The Morgan fingerprint density at radius 3 is 2.33 bits per heavy atom. The molecule has 2 heterocycles. The second-order valence-electron chi connectivity index (χ2n) is 7.44. The first-order valence-electron chi connectivity index (χ1n) is 10.1. The minimum absolute atomic E-state index is 0.151. The summed E-state index contributed by atoms with van der Waals surface area (Å²) in [5, 5.41) is 2.91. The van der Waals surface area contributed by atoms with Crippen LogP contribution in [0.3, 0.4) is 0 Å². The third-order valence-electron chi connectivity index (χ3n) is 5.29. The van der Waals surface area contributed by atoms with Gasteiger partial charge in [0.05, 0.1) is 30.9 Å². The number of aromatic nitrogens is 3. The highest BCUT2D eigenvalue weighted by Crippen LogP contribution is 2.30. The van der Waals surface area contributed by atoms with E-state index in [4.69, 9.17) is 9.47 Å². The molecule has 2 aromatic carbocycles. The third kappa shape index (κ3) is 3.96. The molecule has 0 fully saturated rings. The summed E-state index contributed by atoms with van der Waals surface area (Å²) < 4.78 is 12.8. The average molecular weight is 446 g/mol. The minimum atomic E-state index is -0.536. The van der Waals surface area contributed by atoms with Gasteiger partial charge in [-0.3, -0.25) is 14.2 Å². The van der Waals surface area contributed by atoms with Gasteiger partial charge >= 0.3 is 5.69 Å². The van der Waals surface area contributed by atoms with Gasteiger partial charge in [-0.25, -0.2) is 14.3 Å². The number of anilines is 1. The van der Waals surface area contributed by atoms with Gasteiger partial charge in [-0.15, -0.1) is 0 Å². The van der Waals surface area contributed by atoms with Crippen molar-refractivity contribution in [1.29, 1.82) is 0 Å². The van der Waals surface area contributed by atoms with E-state index in [1.54, 1.807) is 30.3 Å². The molecular weight excluding hydrogens is 424 g/mol. The van der Waals surface area contributed by atoms with E-state index in [0.29, 0.717) is 22.9 Å². The van der Waals surface area contributed by atoms with Gasteiger partial charge in [-0.2, -0.15) is 0 Å². The predicted molar refractivity (Wildman–Crippen MR) is 125 cm³/mol. The average Bonchev–Trinajstić information content (AvgIpc) is 2.83. The van der Waals surface area contributed by atoms with E-state index in [9.17, 15) is 14.4 Å². The van der Waals surface area contributed by atoms with Crippen LogP contribution in [0, 0.1) is 6.92 Å². The summed E-state index contributed by atoms with van der Waals surface area (Å²) in [5.41, 5.74) is 1.37. The summed E-state index contributed by atoms with van der Waals surface area (Å²) in [6.45, 7) is 1.94. The fourth-order valence-electron chi connectivity index (χ4n) is 3.47. The maximum absolute atomic E-state index is 12.9. The van der Waals surface area contributed by atoms with Crippen LogP contribution in [0.5, 0.6) is 11.5 Å². The molecule has 0 aliphatic carbocycles. The molecule has 0 bridgehead atoms. The third-order valence-corrected chi connectivity index (χ3v) is 5.29. The Balaban J connectivity index is 1.78. The Bertz CT molecular complexity index is 1490. The second kappa shape index (κ2) is 8.62. The van der Waals surface area contributed by atoms with E-state index in [1.165, 1.54) is 38.1 Å². The first-order valence-corrected chi connectivity index (χ1v) is 10.1. The molecule has 0 spiro atoms. The van der Waals surface area contributed by atoms with Gasteiger partial charge in [0.2, 0.25) is 0 Å². The zero-order chi connectivity index (χ0) is 23.7. The molecule has 0 aliphatic rings. The highest BCUT2D eigenvalue weighted by Gasteiger charge is 2.17. The molecule has 0 aliphatic heterocycles. The predicted octanol–water partition coefficient (Wildman–Crippen LogP) is 2.66. The van der Waals surface area contributed by atoms with Crippen LogP contribution >= 0.6 is 0 Å². The topological polar surface area (TPSA) is 104 Å². The number of aryl methyl sites for hydroxylation is 1. The molecule has 0 radical (unpaired) electrons. The van der Waals surface area contributed by atoms with Crippen molar-refractivity contribution in [2.75, 3.05) is 19.5 Å². The van der Waals surface area contributed by atoms with E-state index in [1.807, 2.05) is 19.1 Å². The van der Waals surface area contributed by atoms with E-state index < -0.39 is 17.2 Å². The van der Waals surface area contributed by atoms with Crippen LogP contribution in [-0.2, 0) is 7.05 Å². The van der Waals surface area contributed by atoms with Crippen LogP contribution in [-0.4, -0.2) is 34.2 Å². The standard InChI is InChI=1S/C24H22N4O5/c1-14-5-8-17(9-6-14)28-21-18(23(30)27(2)24(28)31)11-15(13-25-21)22(29)26-16-7-10-19(32-3)20(12-16)33-4/h5-13H,1-4H3,(H,26,29). The molecule has 1 amide bonds. The first kappa shape index (κ1) is 21.8. The minimum Gasteiger partial charge on any atom is -0.493 e. The number of nitrogens with one attached hydrogen (secondary N) is 1. The monoisotopic (exact) mass is 446 g/mol. The molecule has 168 valence electrons. The van der Waals surface area contributed by atoms with Gasteiger partial charge < -0.3 is 14.8 Å². The number of benzene rings is 2. The van der Waals surface area contributed by atoms with Gasteiger partial charge in [0.25, 0.3) is 11.5 Å². The number of fused-ring (bicyclic) bond motifs is 1. The summed E-state index contributed by atoms with van der Waals surface area (Å²) in [7, 11) is 4.42. The van der Waals surface area contributed by atoms with Crippen LogP contribution < -0.4 is 26.0 Å². The number of nitrogens with zero attached hydrogens (tertiary/aromatic N) is 3. The van der Waals surface area contributed by atoms with Gasteiger partial charge in [0.15, 0.2) is 17.1 Å². The number of pyridine rings is 1. The lowest BCUT2D eigenvalue weighted by Crippen LogP contribution is -2.38. The highest BCUT2D eigenvalue weighted by molar-refractivity contribution is 6.05. The Kier molecular flexibility index (Phi) is 5.70. The molecule has 0 unspecified atom stereocenters. The molecule has 33 heavy (non-hydrogen) atoms. The van der Waals surface area contributed by atoms with E-state index >= 15 is 0 Å². The SMILES string of the molecule is COc1ccc(NC(=O)c2cnc3c(c2)c(=O)n(C)c(=O)n3-c2ccc(C)cc2)cc1OC. The molecular formula is C24H22N4O5. The molecule has 0 saturated carbocycles. The fourth-order valence-corrected chi connectivity index (χ4v) is 3.47. The number of ether oxygens (including phenoxy) is 2. The number of amides is 1. The van der Waals surface area contributed by atoms with Crippen LogP contribution in [0.15, 0.2) is 64.3 Å². The maximum Gasteiger partial charge on any atom is 0.337 e. The zero-order valence-corrected chi connectivity index (χ0v) is 18.6. The van der Waals surface area contributed by atoms with Gasteiger partial charge in [-0.05, 0) is 37.3 Å². The van der Waals surface area contributed by atoms with Gasteiger partial charge in [0, 0.05) is 25.0 Å². The summed E-state index contributed by atoms with van der Waals surface area (Å²) in [4.78, 5) is 42.8. The van der Waals surface area contributed by atoms with Crippen molar-refractivity contribution in [2.45, 2.75) is 6.92 Å². The second-order valence-corrected chi connectivity index (χ2v) is 7.44. The van der Waals surface area contributed by atoms with Crippen LogP contribution in [0.25, 0.3) is 16.7 Å². The van der Waals surface area contributed by atoms with Crippen molar-refractivity contribution in [3.05, 3.63) is 86.7 Å². The number of carbonyl (C=O) groups excluding carboxylic acids is 1. The lowest BCUT2D eigenvalue weighted by atomic mass is 10.2. The van der Waals surface area contributed by atoms with Crippen molar-refractivity contribution >= 4 is 22.6 Å². The number of rotatable bonds is 5. The van der Waals surface area contributed by atoms with Gasteiger partial charge in [0.1, 0.15) is 0 Å². The Hall–Kier alpha value is -4.40.